The van der Waals surface area contributed by atoms with Gasteiger partial charge in [0, 0.05) is 15.3 Å². The predicted molar refractivity (Wildman–Crippen MR) is 69.7 cm³/mol. The van der Waals surface area contributed by atoms with Gasteiger partial charge in [0.1, 0.15) is 5.75 Å². The second kappa shape index (κ2) is 4.89. The van der Waals surface area contributed by atoms with Crippen LogP contribution in [-0.2, 0) is 0 Å². The highest BCUT2D eigenvalue weighted by Crippen LogP contribution is 2.37. The van der Waals surface area contributed by atoms with Crippen LogP contribution in [0.1, 0.15) is 20.7 Å². The maximum absolute atomic E-state index is 6.46. The van der Waals surface area contributed by atoms with E-state index in [1.807, 2.05) is 24.3 Å². The van der Waals surface area contributed by atoms with Crippen molar-refractivity contribution in [2.24, 2.45) is 0 Å². The second-order valence-corrected chi connectivity index (χ2v) is 5.31. The summed E-state index contributed by atoms with van der Waals surface area (Å²) in [6.07, 6.45) is 0. The van der Waals surface area contributed by atoms with Gasteiger partial charge in [-0.15, -0.1) is 22.9 Å². The van der Waals surface area contributed by atoms with E-state index in [4.69, 9.17) is 16.3 Å². The minimum Gasteiger partial charge on any atom is -0.496 e. The zero-order valence-electron chi connectivity index (χ0n) is 9.24. The SMILES string of the molecule is COc1ccccc1C(Cl)c1ccc(C)s1. The lowest BCUT2D eigenvalue weighted by atomic mass is 10.1. The molecule has 2 aromatic rings. The molecule has 0 fully saturated rings. The fourth-order valence-corrected chi connectivity index (χ4v) is 2.88. The minimum atomic E-state index is -0.130. The molecule has 1 unspecified atom stereocenters. The van der Waals surface area contributed by atoms with Gasteiger partial charge in [0.05, 0.1) is 12.5 Å². The van der Waals surface area contributed by atoms with Gasteiger partial charge in [0.15, 0.2) is 0 Å². The molecular formula is C13H13ClOS. The number of thiophene rings is 1. The molecule has 0 spiro atoms. The Morgan fingerprint density at radius 3 is 2.56 bits per heavy atom. The molecule has 0 N–H and O–H groups in total. The van der Waals surface area contributed by atoms with Crippen LogP contribution in [0.5, 0.6) is 5.75 Å². The minimum absolute atomic E-state index is 0.130. The molecule has 2 rings (SSSR count). The molecule has 1 heterocycles. The Kier molecular flexibility index (Phi) is 3.52. The molecule has 0 aliphatic rings. The lowest BCUT2D eigenvalue weighted by molar-refractivity contribution is 0.410. The first-order chi connectivity index (χ1) is 7.72. The highest BCUT2D eigenvalue weighted by Gasteiger charge is 2.16. The fourth-order valence-electron chi connectivity index (χ4n) is 1.62. The number of ether oxygens (including phenoxy) is 1. The van der Waals surface area contributed by atoms with E-state index in [-0.39, 0.29) is 5.38 Å². The van der Waals surface area contributed by atoms with Crippen LogP contribution in [0.15, 0.2) is 36.4 Å². The van der Waals surface area contributed by atoms with Gasteiger partial charge in [-0.05, 0) is 25.1 Å². The summed E-state index contributed by atoms with van der Waals surface area (Å²) < 4.78 is 5.31. The third-order valence-electron chi connectivity index (χ3n) is 2.42. The highest BCUT2D eigenvalue weighted by atomic mass is 35.5. The van der Waals surface area contributed by atoms with Crippen molar-refractivity contribution in [2.75, 3.05) is 7.11 Å². The van der Waals surface area contributed by atoms with Crippen molar-refractivity contribution < 1.29 is 4.74 Å². The van der Waals surface area contributed by atoms with Crippen LogP contribution in [0, 0.1) is 6.92 Å². The van der Waals surface area contributed by atoms with Crippen LogP contribution in [0.2, 0.25) is 0 Å². The molecule has 0 aliphatic heterocycles. The summed E-state index contributed by atoms with van der Waals surface area (Å²) in [5.41, 5.74) is 1.02. The van der Waals surface area contributed by atoms with Crippen molar-refractivity contribution in [1.29, 1.82) is 0 Å². The van der Waals surface area contributed by atoms with Gasteiger partial charge in [-0.1, -0.05) is 18.2 Å². The Morgan fingerprint density at radius 2 is 1.94 bits per heavy atom. The number of benzene rings is 1. The molecule has 0 bridgehead atoms. The van der Waals surface area contributed by atoms with Crippen molar-refractivity contribution >= 4 is 22.9 Å². The van der Waals surface area contributed by atoms with Crippen LogP contribution in [-0.4, -0.2) is 7.11 Å². The molecule has 0 saturated heterocycles. The third kappa shape index (κ3) is 2.23. The Morgan fingerprint density at radius 1 is 1.19 bits per heavy atom. The van der Waals surface area contributed by atoms with Gasteiger partial charge < -0.3 is 4.74 Å². The van der Waals surface area contributed by atoms with Crippen LogP contribution in [0.4, 0.5) is 0 Å². The van der Waals surface area contributed by atoms with Gasteiger partial charge in [0.25, 0.3) is 0 Å². The molecule has 3 heteroatoms. The average Bonchev–Trinajstić information content (AvgIpc) is 2.75. The van der Waals surface area contributed by atoms with Crippen LogP contribution in [0.3, 0.4) is 0 Å². The molecular weight excluding hydrogens is 240 g/mol. The summed E-state index contributed by atoms with van der Waals surface area (Å²) in [5, 5.41) is -0.130. The van der Waals surface area contributed by atoms with E-state index in [9.17, 15) is 0 Å². The summed E-state index contributed by atoms with van der Waals surface area (Å²) in [5.74, 6) is 0.841. The standard InChI is InChI=1S/C13H13ClOS/c1-9-7-8-12(16-9)13(14)10-5-3-4-6-11(10)15-2/h3-8,13H,1-2H3. The Labute approximate surface area is 105 Å². The van der Waals surface area contributed by atoms with Gasteiger partial charge in [0.2, 0.25) is 0 Å². The van der Waals surface area contributed by atoms with Crippen molar-refractivity contribution in [3.63, 3.8) is 0 Å². The lowest BCUT2D eigenvalue weighted by Gasteiger charge is -2.12. The maximum Gasteiger partial charge on any atom is 0.123 e. The van der Waals surface area contributed by atoms with Crippen molar-refractivity contribution in [3.05, 3.63) is 51.7 Å². The number of para-hydroxylation sites is 1. The number of halogens is 1. The summed E-state index contributed by atoms with van der Waals surface area (Å²) in [6.45, 7) is 2.08. The monoisotopic (exact) mass is 252 g/mol. The van der Waals surface area contributed by atoms with E-state index in [0.29, 0.717) is 0 Å². The van der Waals surface area contributed by atoms with Crippen LogP contribution >= 0.6 is 22.9 Å². The van der Waals surface area contributed by atoms with Crippen molar-refractivity contribution in [2.45, 2.75) is 12.3 Å². The van der Waals surface area contributed by atoms with Gasteiger partial charge >= 0.3 is 0 Å². The molecule has 0 saturated carbocycles. The van der Waals surface area contributed by atoms with Gasteiger partial charge in [-0.3, -0.25) is 0 Å². The van der Waals surface area contributed by atoms with E-state index in [1.54, 1.807) is 18.4 Å². The molecule has 1 aromatic carbocycles. The Bertz CT molecular complexity index is 478. The summed E-state index contributed by atoms with van der Waals surface area (Å²) in [4.78, 5) is 2.43. The number of hydrogen-bond donors (Lipinski definition) is 0. The normalized spacial score (nSPS) is 12.4. The van der Waals surface area contributed by atoms with E-state index in [1.165, 1.54) is 4.88 Å². The Hall–Kier alpha value is -0.990. The zero-order chi connectivity index (χ0) is 11.5. The maximum atomic E-state index is 6.46. The zero-order valence-corrected chi connectivity index (χ0v) is 10.8. The third-order valence-corrected chi connectivity index (χ3v) is 4.09. The van der Waals surface area contributed by atoms with Gasteiger partial charge in [-0.25, -0.2) is 0 Å². The van der Waals surface area contributed by atoms with Crippen LogP contribution in [0.25, 0.3) is 0 Å². The van der Waals surface area contributed by atoms with E-state index < -0.39 is 0 Å². The van der Waals surface area contributed by atoms with Crippen LogP contribution < -0.4 is 4.74 Å². The van der Waals surface area contributed by atoms with E-state index in [2.05, 4.69) is 19.1 Å². The fraction of sp³-hybridized carbons (Fsp3) is 0.231. The predicted octanol–water partition coefficient (Wildman–Crippen LogP) is 4.39. The Balaban J connectivity index is 2.36. The molecule has 84 valence electrons. The number of rotatable bonds is 3. The second-order valence-electron chi connectivity index (χ2n) is 3.55. The van der Waals surface area contributed by atoms with Gasteiger partial charge in [-0.2, -0.15) is 0 Å². The van der Waals surface area contributed by atoms with Crippen molar-refractivity contribution in [3.8, 4) is 5.75 Å². The average molecular weight is 253 g/mol. The van der Waals surface area contributed by atoms with Crippen molar-refractivity contribution in [1.82, 2.24) is 0 Å². The molecule has 1 atom stereocenters. The molecule has 0 aliphatic carbocycles. The quantitative estimate of drug-likeness (QED) is 0.736. The molecule has 0 amide bonds. The first-order valence-corrected chi connectivity index (χ1v) is 6.31. The summed E-state index contributed by atoms with van der Waals surface area (Å²) in [7, 11) is 1.67. The largest absolute Gasteiger partial charge is 0.496 e. The topological polar surface area (TPSA) is 9.23 Å². The highest BCUT2D eigenvalue weighted by molar-refractivity contribution is 7.12. The van der Waals surface area contributed by atoms with E-state index in [0.717, 1.165) is 16.2 Å². The molecule has 0 radical (unpaired) electrons. The number of methoxy groups -OCH3 is 1. The molecule has 1 aromatic heterocycles. The smallest absolute Gasteiger partial charge is 0.123 e. The number of hydrogen-bond acceptors (Lipinski definition) is 2. The number of aryl methyl sites for hydroxylation is 1. The van der Waals surface area contributed by atoms with E-state index >= 15 is 0 Å². The molecule has 1 nitrogen and oxygen atoms in total. The first-order valence-electron chi connectivity index (χ1n) is 5.05. The summed E-state index contributed by atoms with van der Waals surface area (Å²) in [6, 6.07) is 12.0. The molecule has 16 heavy (non-hydrogen) atoms. The number of alkyl halides is 1. The lowest BCUT2D eigenvalue weighted by Crippen LogP contribution is -1.95. The summed E-state index contributed by atoms with van der Waals surface area (Å²) >= 11 is 8.18. The first kappa shape index (κ1) is 11.5.